The van der Waals surface area contributed by atoms with E-state index in [2.05, 4.69) is 0 Å². The maximum atomic E-state index is 11.6. The van der Waals surface area contributed by atoms with Crippen LogP contribution in [0.3, 0.4) is 0 Å². The predicted molar refractivity (Wildman–Crippen MR) is 53.6 cm³/mol. The first kappa shape index (κ1) is 9.92. The van der Waals surface area contributed by atoms with Crippen LogP contribution >= 0.6 is 0 Å². The first-order chi connectivity index (χ1) is 7.11. The van der Waals surface area contributed by atoms with Gasteiger partial charge in [0.2, 0.25) is 0 Å². The van der Waals surface area contributed by atoms with Crippen LogP contribution in [0.2, 0.25) is 0 Å². The van der Waals surface area contributed by atoms with Gasteiger partial charge in [0.1, 0.15) is 5.56 Å². The largest absolute Gasteiger partial charge is 0.373 e. The van der Waals surface area contributed by atoms with Gasteiger partial charge in [-0.05, 0) is 6.92 Å². The van der Waals surface area contributed by atoms with E-state index < -0.39 is 5.91 Å². The number of carbonyl (C=O) groups excluding carboxylic acids is 1. The van der Waals surface area contributed by atoms with E-state index in [1.54, 1.807) is 0 Å². The number of hydrogen-bond donors (Lipinski definition) is 1. The molecule has 0 aromatic carbocycles. The summed E-state index contributed by atoms with van der Waals surface area (Å²) >= 11 is 0. The van der Waals surface area contributed by atoms with Gasteiger partial charge >= 0.3 is 0 Å². The number of primary amides is 1. The highest BCUT2D eigenvalue weighted by Crippen LogP contribution is 2.13. The molecule has 80 valence electrons. The van der Waals surface area contributed by atoms with Gasteiger partial charge in [-0.1, -0.05) is 0 Å². The molecule has 0 bridgehead atoms. The summed E-state index contributed by atoms with van der Waals surface area (Å²) in [5, 5.41) is 0. The first-order valence-corrected chi connectivity index (χ1v) is 4.72. The van der Waals surface area contributed by atoms with Crippen LogP contribution in [-0.2, 0) is 17.9 Å². The number of pyridine rings is 1. The summed E-state index contributed by atoms with van der Waals surface area (Å²) < 4.78 is 7.14. The minimum absolute atomic E-state index is 0.0558. The zero-order valence-corrected chi connectivity index (χ0v) is 8.45. The summed E-state index contributed by atoms with van der Waals surface area (Å²) in [6.45, 7) is 3.35. The Bertz CT molecular complexity index is 476. The highest BCUT2D eigenvalue weighted by Gasteiger charge is 2.20. The lowest BCUT2D eigenvalue weighted by Crippen LogP contribution is -2.32. The minimum atomic E-state index is -0.686. The molecule has 0 atom stereocenters. The third-order valence-electron chi connectivity index (χ3n) is 2.57. The average molecular weight is 208 g/mol. The molecule has 0 aliphatic carbocycles. The Hall–Kier alpha value is -1.62. The van der Waals surface area contributed by atoms with E-state index in [0.717, 1.165) is 5.69 Å². The molecule has 0 radical (unpaired) electrons. The molecule has 2 rings (SSSR count). The molecule has 0 spiro atoms. The van der Waals surface area contributed by atoms with E-state index in [-0.39, 0.29) is 17.6 Å². The highest BCUT2D eigenvalue weighted by molar-refractivity contribution is 5.93. The van der Waals surface area contributed by atoms with Crippen LogP contribution < -0.4 is 11.2 Å². The van der Waals surface area contributed by atoms with Crippen LogP contribution in [0, 0.1) is 6.92 Å². The lowest BCUT2D eigenvalue weighted by Gasteiger charge is -2.23. The predicted octanol–water partition coefficient (Wildman–Crippen LogP) is -0.214. The van der Waals surface area contributed by atoms with Crippen LogP contribution in [0.4, 0.5) is 0 Å². The normalized spacial score (nSPS) is 14.7. The van der Waals surface area contributed by atoms with Gasteiger partial charge in [-0.25, -0.2) is 0 Å². The third kappa shape index (κ3) is 1.55. The summed E-state index contributed by atoms with van der Waals surface area (Å²) in [7, 11) is 0. The number of carbonyl (C=O) groups is 1. The van der Waals surface area contributed by atoms with E-state index in [0.29, 0.717) is 18.8 Å². The molecule has 1 aromatic heterocycles. The van der Waals surface area contributed by atoms with Crippen molar-refractivity contribution in [3.05, 3.63) is 33.2 Å². The molecule has 5 heteroatoms. The van der Waals surface area contributed by atoms with Gasteiger partial charge in [-0.3, -0.25) is 9.59 Å². The van der Waals surface area contributed by atoms with Gasteiger partial charge in [0.25, 0.3) is 5.91 Å². The van der Waals surface area contributed by atoms with Crippen molar-refractivity contribution in [3.63, 3.8) is 0 Å². The first-order valence-electron chi connectivity index (χ1n) is 4.72. The van der Waals surface area contributed by atoms with Crippen LogP contribution in [-0.4, -0.2) is 17.1 Å². The monoisotopic (exact) mass is 208 g/mol. The number of amides is 1. The van der Waals surface area contributed by atoms with E-state index >= 15 is 0 Å². The number of fused-ring (bicyclic) bond motifs is 1. The second-order valence-corrected chi connectivity index (χ2v) is 3.54. The van der Waals surface area contributed by atoms with E-state index in [9.17, 15) is 9.59 Å². The van der Waals surface area contributed by atoms with E-state index in [1.807, 2.05) is 11.5 Å². The Morgan fingerprint density at radius 3 is 3.00 bits per heavy atom. The highest BCUT2D eigenvalue weighted by atomic mass is 16.5. The molecule has 0 saturated carbocycles. The molecular formula is C10H12N2O3. The van der Waals surface area contributed by atoms with Gasteiger partial charge in [0.05, 0.1) is 18.9 Å². The van der Waals surface area contributed by atoms with Crippen molar-refractivity contribution in [1.29, 1.82) is 0 Å². The molecule has 1 aromatic rings. The number of hydrogen-bond acceptors (Lipinski definition) is 3. The number of aromatic nitrogens is 1. The van der Waals surface area contributed by atoms with E-state index in [4.69, 9.17) is 10.5 Å². The van der Waals surface area contributed by atoms with Crippen molar-refractivity contribution in [3.8, 4) is 0 Å². The van der Waals surface area contributed by atoms with Crippen LogP contribution in [0.25, 0.3) is 0 Å². The zero-order chi connectivity index (χ0) is 11.0. The number of nitrogens with two attached hydrogens (primary N) is 1. The second-order valence-electron chi connectivity index (χ2n) is 3.54. The lowest BCUT2D eigenvalue weighted by atomic mass is 10.1. The van der Waals surface area contributed by atoms with Gasteiger partial charge < -0.3 is 15.0 Å². The fourth-order valence-corrected chi connectivity index (χ4v) is 1.88. The Balaban J connectivity index is 2.74. The van der Waals surface area contributed by atoms with Gasteiger partial charge in [-0.15, -0.1) is 0 Å². The number of rotatable bonds is 1. The van der Waals surface area contributed by atoms with Crippen molar-refractivity contribution in [1.82, 2.24) is 4.57 Å². The topological polar surface area (TPSA) is 74.3 Å². The average Bonchev–Trinajstić information content (AvgIpc) is 2.17. The molecule has 5 nitrogen and oxygen atoms in total. The van der Waals surface area contributed by atoms with Crippen molar-refractivity contribution < 1.29 is 9.53 Å². The SMILES string of the molecule is Cc1cc(=O)c(C(N)=O)c2n1CCOC2. The molecule has 0 saturated heterocycles. The summed E-state index contributed by atoms with van der Waals surface area (Å²) in [5.74, 6) is -0.686. The molecule has 1 aliphatic heterocycles. The van der Waals surface area contributed by atoms with Crippen LogP contribution in [0.5, 0.6) is 0 Å². The number of nitrogens with zero attached hydrogens (tertiary/aromatic N) is 1. The summed E-state index contributed by atoms with van der Waals surface area (Å²) in [6, 6.07) is 1.44. The van der Waals surface area contributed by atoms with Crippen molar-refractivity contribution >= 4 is 5.91 Å². The Morgan fingerprint density at radius 1 is 1.60 bits per heavy atom. The molecule has 2 N–H and O–H groups in total. The Labute approximate surface area is 86.5 Å². The molecule has 0 fully saturated rings. The Morgan fingerprint density at radius 2 is 2.33 bits per heavy atom. The second kappa shape index (κ2) is 3.51. The minimum Gasteiger partial charge on any atom is -0.373 e. The molecular weight excluding hydrogens is 196 g/mol. The van der Waals surface area contributed by atoms with Gasteiger partial charge in [0.15, 0.2) is 5.43 Å². The van der Waals surface area contributed by atoms with E-state index in [1.165, 1.54) is 6.07 Å². The molecule has 0 unspecified atom stereocenters. The van der Waals surface area contributed by atoms with Crippen LogP contribution in [0.15, 0.2) is 10.9 Å². The molecule has 1 aliphatic rings. The summed E-state index contributed by atoms with van der Waals surface area (Å²) in [6.07, 6.45) is 0. The molecule has 15 heavy (non-hydrogen) atoms. The smallest absolute Gasteiger partial charge is 0.254 e. The number of aryl methyl sites for hydroxylation is 1. The fraction of sp³-hybridized carbons (Fsp3) is 0.400. The van der Waals surface area contributed by atoms with Gasteiger partial charge in [-0.2, -0.15) is 0 Å². The maximum absolute atomic E-state index is 11.6. The van der Waals surface area contributed by atoms with Crippen molar-refractivity contribution in [2.24, 2.45) is 5.73 Å². The molecule has 1 amide bonds. The lowest BCUT2D eigenvalue weighted by molar-refractivity contribution is 0.0797. The third-order valence-corrected chi connectivity index (χ3v) is 2.57. The van der Waals surface area contributed by atoms with Gasteiger partial charge in [0, 0.05) is 18.3 Å². The van der Waals surface area contributed by atoms with Crippen molar-refractivity contribution in [2.45, 2.75) is 20.1 Å². The quantitative estimate of drug-likeness (QED) is 0.693. The van der Waals surface area contributed by atoms with Crippen LogP contribution in [0.1, 0.15) is 21.7 Å². The number of ether oxygens (including phenoxy) is 1. The summed E-state index contributed by atoms with van der Waals surface area (Å²) in [5.41, 5.74) is 6.35. The maximum Gasteiger partial charge on any atom is 0.254 e. The fourth-order valence-electron chi connectivity index (χ4n) is 1.88. The standard InChI is InChI=1S/C10H12N2O3/c1-6-4-8(13)9(10(11)14)7-5-15-3-2-12(6)7/h4H,2-3,5H2,1H3,(H2,11,14). The summed E-state index contributed by atoms with van der Waals surface area (Å²) in [4.78, 5) is 22.7. The Kier molecular flexibility index (Phi) is 2.32. The van der Waals surface area contributed by atoms with Crippen molar-refractivity contribution in [2.75, 3.05) is 6.61 Å². The molecule has 2 heterocycles. The zero-order valence-electron chi connectivity index (χ0n) is 8.45.